The maximum Gasteiger partial charge on any atom is 0.397 e. The third-order valence-electron chi connectivity index (χ3n) is 20.7. The zero-order chi connectivity index (χ0) is 57.3. The van der Waals surface area contributed by atoms with Gasteiger partial charge in [0.1, 0.15) is 23.9 Å². The van der Waals surface area contributed by atoms with Crippen molar-refractivity contribution in [1.82, 2.24) is 0 Å². The summed E-state index contributed by atoms with van der Waals surface area (Å²) in [4.78, 5) is 11.9. The number of fused-ring (bicyclic) bond motifs is 10. The van der Waals surface area contributed by atoms with Crippen molar-refractivity contribution < 1.29 is 102 Å². The molecule has 1 aliphatic carbocycles. The van der Waals surface area contributed by atoms with E-state index in [0.717, 1.165) is 12.0 Å². The van der Waals surface area contributed by atoms with Crippen LogP contribution in [-0.4, -0.2) is 192 Å². The van der Waals surface area contributed by atoms with Crippen molar-refractivity contribution in [3.05, 3.63) is 37.0 Å². The van der Waals surface area contributed by atoms with Crippen LogP contribution in [0, 0.1) is 23.7 Å². The standard InChI is InChI=1S/C56H84O22S2/c1-9-10-30(51(58)59)12-14-52(4,60)32-20-31-21-47-56(8,76-34(31)19-29(32)3)50(57)49-43(73-47)25-42-48(74-49)28(2)11-15-54(6)45(72-42)27-44-55(7,78-54)16-13-33-35(71-44)22-37-36(68-33)23-38-39(69-37)24-41-40(70-38)26-46(77-80(64,65)66)53(5,75-41)17-18-67-79(61,62)63/h9,12,14,28,30-50,57,60H,1,3,10-11,13,15-27H2,2,4-8H3,(H,58,59)(H,61,62,63)(H,64,65,66). The summed E-state index contributed by atoms with van der Waals surface area (Å²) in [5.74, 6) is -2.12. The molecule has 0 bridgehead atoms. The zero-order valence-electron chi connectivity index (χ0n) is 46.7. The van der Waals surface area contributed by atoms with Gasteiger partial charge in [-0.05, 0) is 97.8 Å². The van der Waals surface area contributed by atoms with Crippen LogP contribution >= 0.6 is 0 Å². The number of hydrogen-bond acceptors (Lipinski definition) is 19. The third kappa shape index (κ3) is 11.6. The van der Waals surface area contributed by atoms with Crippen molar-refractivity contribution in [2.24, 2.45) is 23.7 Å². The first-order chi connectivity index (χ1) is 37.4. The summed E-state index contributed by atoms with van der Waals surface area (Å²) < 4.78 is 144. The Hall–Kier alpha value is -2.05. The first-order valence-electron chi connectivity index (χ1n) is 29.0. The van der Waals surface area contributed by atoms with Gasteiger partial charge in [0, 0.05) is 50.9 Å². The van der Waals surface area contributed by atoms with E-state index in [2.05, 4.69) is 38.1 Å². The van der Waals surface area contributed by atoms with E-state index in [4.69, 9.17) is 56.1 Å². The van der Waals surface area contributed by atoms with Crippen molar-refractivity contribution in [3.63, 3.8) is 0 Å². The number of aliphatic carboxylic acids is 1. The summed E-state index contributed by atoms with van der Waals surface area (Å²) in [6.07, 6.45) is 2.70. The van der Waals surface area contributed by atoms with Gasteiger partial charge in [-0.3, -0.25) is 13.9 Å². The molecule has 10 saturated heterocycles. The third-order valence-corrected chi connectivity index (χ3v) is 21.6. The van der Waals surface area contributed by atoms with Gasteiger partial charge in [-0.2, -0.15) is 16.8 Å². The number of carbonyl (C=O) groups is 1. The Labute approximate surface area is 469 Å². The molecule has 0 aromatic rings. The largest absolute Gasteiger partial charge is 0.481 e. The Morgan fingerprint density at radius 1 is 0.725 bits per heavy atom. The number of carboxylic acids is 1. The highest BCUT2D eigenvalue weighted by molar-refractivity contribution is 7.81. The SMILES string of the molecule is C=CCC(C=CC(C)(O)C1CC2CC3OC4CC5OC6CC7OC8CC9OC%10CC%11OC(C)(CCOS(=O)(=O)O)C(OS(=O)(=O)O)CC%11OC%10CC9OC8CCC7(C)OC6(C)CCC(C)C5OC4C(O)C3(C)OC2CC1=C)C(=O)O. The molecule has 10 heterocycles. The molecule has 0 aromatic heterocycles. The van der Waals surface area contributed by atoms with Gasteiger partial charge in [0.15, 0.2) is 0 Å². The fourth-order valence-electron chi connectivity index (χ4n) is 16.1. The van der Waals surface area contributed by atoms with Crippen molar-refractivity contribution in [2.75, 3.05) is 6.61 Å². The fourth-order valence-corrected chi connectivity index (χ4v) is 17.0. The quantitative estimate of drug-likeness (QED) is 0.126. The molecule has 11 fully saturated rings. The van der Waals surface area contributed by atoms with Gasteiger partial charge < -0.3 is 62.7 Å². The van der Waals surface area contributed by atoms with Gasteiger partial charge in [-0.1, -0.05) is 37.3 Å². The molecule has 22 nitrogen and oxygen atoms in total. The normalized spacial score (nSPS) is 50.4. The van der Waals surface area contributed by atoms with E-state index in [0.29, 0.717) is 70.6 Å². The molecule has 0 amide bonds. The van der Waals surface area contributed by atoms with Crippen molar-refractivity contribution >= 4 is 26.8 Å². The second-order valence-electron chi connectivity index (χ2n) is 26.4. The van der Waals surface area contributed by atoms with Crippen LogP contribution in [0.5, 0.6) is 0 Å². The summed E-state index contributed by atoms with van der Waals surface area (Å²) in [6, 6.07) is 0. The number of aliphatic hydroxyl groups excluding tert-OH is 1. The topological polar surface area (TPSA) is 297 Å². The molecule has 0 radical (unpaired) electrons. The Morgan fingerprint density at radius 3 is 1.94 bits per heavy atom. The Morgan fingerprint density at radius 2 is 1.30 bits per heavy atom. The lowest BCUT2D eigenvalue weighted by Gasteiger charge is -2.61. The summed E-state index contributed by atoms with van der Waals surface area (Å²) >= 11 is 0. The summed E-state index contributed by atoms with van der Waals surface area (Å²) in [5.41, 5.74) is -4.41. The van der Waals surface area contributed by atoms with Crippen LogP contribution in [0.3, 0.4) is 0 Å². The number of aliphatic hydroxyl groups is 2. The molecule has 11 rings (SSSR count). The average molecular weight is 1170 g/mol. The molecule has 24 heteroatoms. The molecule has 10 aliphatic heterocycles. The fraction of sp³-hybridized carbons (Fsp3) is 0.875. The predicted octanol–water partition coefficient (Wildman–Crippen LogP) is 5.07. The first-order valence-corrected chi connectivity index (χ1v) is 31.7. The lowest BCUT2D eigenvalue weighted by Crippen LogP contribution is -2.73. The van der Waals surface area contributed by atoms with E-state index in [1.807, 2.05) is 6.92 Å². The van der Waals surface area contributed by atoms with E-state index in [1.54, 1.807) is 19.1 Å². The smallest absolute Gasteiger partial charge is 0.397 e. The Bertz CT molecular complexity index is 2600. The second-order valence-corrected chi connectivity index (χ2v) is 28.5. The van der Waals surface area contributed by atoms with E-state index >= 15 is 0 Å². The van der Waals surface area contributed by atoms with E-state index < -0.39 is 122 Å². The van der Waals surface area contributed by atoms with Crippen molar-refractivity contribution in [2.45, 2.75) is 276 Å². The van der Waals surface area contributed by atoms with Crippen LogP contribution < -0.4 is 0 Å². The number of ether oxygens (including phenoxy) is 10. The van der Waals surface area contributed by atoms with Crippen LogP contribution in [0.1, 0.15) is 138 Å². The van der Waals surface area contributed by atoms with Crippen LogP contribution in [0.4, 0.5) is 0 Å². The zero-order valence-corrected chi connectivity index (χ0v) is 48.3. The highest BCUT2D eigenvalue weighted by Crippen LogP contribution is 2.55. The van der Waals surface area contributed by atoms with Crippen LogP contribution in [0.25, 0.3) is 0 Å². The van der Waals surface area contributed by atoms with Gasteiger partial charge in [0.2, 0.25) is 0 Å². The van der Waals surface area contributed by atoms with Gasteiger partial charge in [-0.15, -0.1) is 6.58 Å². The molecule has 5 N–H and O–H groups in total. The van der Waals surface area contributed by atoms with Crippen LogP contribution in [-0.2, 0) is 81.3 Å². The van der Waals surface area contributed by atoms with E-state index in [1.165, 1.54) is 13.0 Å². The lowest BCUT2D eigenvalue weighted by molar-refractivity contribution is -0.363. The van der Waals surface area contributed by atoms with Gasteiger partial charge >= 0.3 is 26.8 Å². The highest BCUT2D eigenvalue weighted by atomic mass is 32.3. The molecule has 1 saturated carbocycles. The van der Waals surface area contributed by atoms with E-state index in [9.17, 15) is 41.5 Å². The Balaban J connectivity index is 0.747. The number of rotatable bonds is 12. The minimum absolute atomic E-state index is 0.00320. The molecule has 80 heavy (non-hydrogen) atoms. The summed E-state index contributed by atoms with van der Waals surface area (Å²) in [5, 5.41) is 33.9. The van der Waals surface area contributed by atoms with Gasteiger partial charge in [0.05, 0.1) is 126 Å². The molecule has 11 aliphatic rings. The summed E-state index contributed by atoms with van der Waals surface area (Å²) in [6.45, 7) is 19.1. The minimum atomic E-state index is -4.95. The minimum Gasteiger partial charge on any atom is -0.481 e. The maximum atomic E-state index is 12.4. The molecular weight excluding hydrogens is 1090 g/mol. The molecule has 0 spiro atoms. The molecule has 452 valence electrons. The predicted molar refractivity (Wildman–Crippen MR) is 281 cm³/mol. The van der Waals surface area contributed by atoms with Crippen LogP contribution in [0.2, 0.25) is 0 Å². The van der Waals surface area contributed by atoms with E-state index in [-0.39, 0.29) is 92.0 Å². The van der Waals surface area contributed by atoms with Crippen molar-refractivity contribution in [1.29, 1.82) is 0 Å². The molecule has 27 unspecified atom stereocenters. The monoisotopic (exact) mass is 1170 g/mol. The second kappa shape index (κ2) is 21.7. The lowest BCUT2D eigenvalue weighted by atomic mass is 9.64. The number of carboxylic acid groups (broad SMARTS) is 1. The molecule has 27 atom stereocenters. The highest BCUT2D eigenvalue weighted by Gasteiger charge is 2.65. The number of allylic oxidation sites excluding steroid dienone is 1. The van der Waals surface area contributed by atoms with Gasteiger partial charge in [-0.25, -0.2) is 8.37 Å². The molecular formula is C56H84O22S2. The number of hydrogen-bond donors (Lipinski definition) is 5. The molecule has 0 aromatic carbocycles. The van der Waals surface area contributed by atoms with Crippen LogP contribution in [0.15, 0.2) is 37.0 Å². The van der Waals surface area contributed by atoms with Gasteiger partial charge in [0.25, 0.3) is 0 Å². The average Bonchev–Trinajstić information content (AvgIpc) is 3.67. The summed E-state index contributed by atoms with van der Waals surface area (Å²) in [7, 11) is -9.75. The Kier molecular flexibility index (Phi) is 16.2. The first kappa shape index (κ1) is 59.7. The van der Waals surface area contributed by atoms with Crippen molar-refractivity contribution in [3.8, 4) is 0 Å². The maximum absolute atomic E-state index is 12.4.